The zero-order valence-electron chi connectivity index (χ0n) is 14.6. The summed E-state index contributed by atoms with van der Waals surface area (Å²) in [5.74, 6) is 0. The lowest BCUT2D eigenvalue weighted by molar-refractivity contribution is 1.15. The molecule has 0 atom stereocenters. The van der Waals surface area contributed by atoms with Gasteiger partial charge in [0.05, 0.1) is 23.8 Å². The van der Waals surface area contributed by atoms with Crippen LogP contribution in [0.2, 0.25) is 0 Å². The topological polar surface area (TPSA) is 29.0 Å². The Morgan fingerprint density at radius 3 is 1.38 bits per heavy atom. The predicted molar refractivity (Wildman–Crippen MR) is 107 cm³/mol. The minimum atomic E-state index is 1.03. The number of anilines is 2. The zero-order valence-corrected chi connectivity index (χ0v) is 14.6. The van der Waals surface area contributed by atoms with Crippen molar-refractivity contribution in [3.63, 3.8) is 0 Å². The summed E-state index contributed by atoms with van der Waals surface area (Å²) < 4.78 is 0. The highest BCUT2D eigenvalue weighted by Crippen LogP contribution is 2.29. The summed E-state index contributed by atoms with van der Waals surface area (Å²) in [6.07, 6.45) is 7.54. The highest BCUT2D eigenvalue weighted by molar-refractivity contribution is 5.73. The standard InChI is InChI=1S/C23H19N3/c1-26(22-12-20(14-24-16-22)18-8-4-2-5-9-18)23-13-21(15-25-17-23)19-10-6-3-7-11-19/h2-17H,1H3. The van der Waals surface area contributed by atoms with Crippen LogP contribution in [0.3, 0.4) is 0 Å². The van der Waals surface area contributed by atoms with Crippen LogP contribution in [0.1, 0.15) is 0 Å². The molecule has 3 heteroatoms. The van der Waals surface area contributed by atoms with Gasteiger partial charge in [0.15, 0.2) is 0 Å². The van der Waals surface area contributed by atoms with Crippen LogP contribution in [0.15, 0.2) is 97.6 Å². The monoisotopic (exact) mass is 337 g/mol. The van der Waals surface area contributed by atoms with E-state index in [4.69, 9.17) is 0 Å². The number of nitrogens with zero attached hydrogens (tertiary/aromatic N) is 3. The lowest BCUT2D eigenvalue weighted by Gasteiger charge is -2.20. The fourth-order valence-electron chi connectivity index (χ4n) is 2.95. The molecule has 3 nitrogen and oxygen atoms in total. The van der Waals surface area contributed by atoms with E-state index in [1.807, 2.05) is 68.2 Å². The molecular weight excluding hydrogens is 318 g/mol. The minimum absolute atomic E-state index is 1.03. The molecule has 0 saturated heterocycles. The van der Waals surface area contributed by atoms with E-state index < -0.39 is 0 Å². The average molecular weight is 337 g/mol. The number of pyridine rings is 2. The molecule has 0 aliphatic heterocycles. The van der Waals surface area contributed by atoms with Crippen molar-refractivity contribution < 1.29 is 0 Å². The van der Waals surface area contributed by atoms with Crippen molar-refractivity contribution in [1.29, 1.82) is 0 Å². The normalized spacial score (nSPS) is 10.5. The van der Waals surface area contributed by atoms with Gasteiger partial charge < -0.3 is 4.90 Å². The molecule has 4 rings (SSSR count). The number of rotatable bonds is 4. The van der Waals surface area contributed by atoms with E-state index in [0.29, 0.717) is 0 Å². The van der Waals surface area contributed by atoms with Gasteiger partial charge in [-0.05, 0) is 23.3 Å². The Morgan fingerprint density at radius 2 is 0.962 bits per heavy atom. The van der Waals surface area contributed by atoms with E-state index in [-0.39, 0.29) is 0 Å². The van der Waals surface area contributed by atoms with Crippen molar-refractivity contribution in [3.05, 3.63) is 97.6 Å². The molecule has 0 N–H and O–H groups in total. The van der Waals surface area contributed by atoms with Gasteiger partial charge in [0, 0.05) is 30.6 Å². The molecule has 0 spiro atoms. The predicted octanol–water partition coefficient (Wildman–Crippen LogP) is 5.58. The summed E-state index contributed by atoms with van der Waals surface area (Å²) in [6, 6.07) is 24.9. The van der Waals surface area contributed by atoms with E-state index >= 15 is 0 Å². The van der Waals surface area contributed by atoms with Crippen LogP contribution < -0.4 is 4.90 Å². The second-order valence-electron chi connectivity index (χ2n) is 6.15. The van der Waals surface area contributed by atoms with E-state index in [9.17, 15) is 0 Å². The average Bonchev–Trinajstić information content (AvgIpc) is 2.75. The molecule has 0 bridgehead atoms. The number of benzene rings is 2. The second-order valence-corrected chi connectivity index (χ2v) is 6.15. The quantitative estimate of drug-likeness (QED) is 0.487. The van der Waals surface area contributed by atoms with Crippen LogP contribution in [0, 0.1) is 0 Å². The van der Waals surface area contributed by atoms with Gasteiger partial charge in [0.2, 0.25) is 0 Å². The third kappa shape index (κ3) is 3.33. The summed E-state index contributed by atoms with van der Waals surface area (Å²) in [4.78, 5) is 11.0. The molecule has 0 radical (unpaired) electrons. The SMILES string of the molecule is CN(c1cncc(-c2ccccc2)c1)c1cncc(-c2ccccc2)c1. The lowest BCUT2D eigenvalue weighted by atomic mass is 10.1. The maximum atomic E-state index is 4.43. The van der Waals surface area contributed by atoms with Crippen molar-refractivity contribution in [2.24, 2.45) is 0 Å². The van der Waals surface area contributed by atoms with Crippen molar-refractivity contribution in [2.45, 2.75) is 0 Å². The fraction of sp³-hybridized carbons (Fsp3) is 0.0435. The van der Waals surface area contributed by atoms with Gasteiger partial charge in [-0.1, -0.05) is 60.7 Å². The van der Waals surface area contributed by atoms with Gasteiger partial charge in [-0.3, -0.25) is 9.97 Å². The Morgan fingerprint density at radius 1 is 0.538 bits per heavy atom. The van der Waals surface area contributed by atoms with E-state index in [1.54, 1.807) is 0 Å². The first-order valence-electron chi connectivity index (χ1n) is 8.56. The number of hydrogen-bond acceptors (Lipinski definition) is 3. The van der Waals surface area contributed by atoms with E-state index in [0.717, 1.165) is 33.6 Å². The van der Waals surface area contributed by atoms with Crippen LogP contribution in [0.25, 0.3) is 22.3 Å². The van der Waals surface area contributed by atoms with Crippen LogP contribution in [-0.4, -0.2) is 17.0 Å². The molecule has 0 saturated carbocycles. The third-order valence-electron chi connectivity index (χ3n) is 4.44. The third-order valence-corrected chi connectivity index (χ3v) is 4.44. The van der Waals surface area contributed by atoms with Crippen LogP contribution in [-0.2, 0) is 0 Å². The smallest absolute Gasteiger partial charge is 0.0601 e. The molecule has 4 aromatic rings. The minimum Gasteiger partial charge on any atom is -0.342 e. The number of hydrogen-bond donors (Lipinski definition) is 0. The largest absolute Gasteiger partial charge is 0.342 e. The van der Waals surface area contributed by atoms with Crippen LogP contribution >= 0.6 is 0 Å². The first kappa shape index (κ1) is 16.0. The first-order chi connectivity index (χ1) is 12.8. The second kappa shape index (κ2) is 7.19. The maximum absolute atomic E-state index is 4.43. The van der Waals surface area contributed by atoms with Gasteiger partial charge in [0.25, 0.3) is 0 Å². The molecule has 2 heterocycles. The molecule has 0 amide bonds. The van der Waals surface area contributed by atoms with Gasteiger partial charge >= 0.3 is 0 Å². The Balaban J connectivity index is 1.67. The van der Waals surface area contributed by atoms with Gasteiger partial charge in [-0.25, -0.2) is 0 Å². The molecule has 2 aromatic heterocycles. The summed E-state index contributed by atoms with van der Waals surface area (Å²) in [5, 5.41) is 0. The number of aromatic nitrogens is 2. The van der Waals surface area contributed by atoms with Crippen molar-refractivity contribution in [2.75, 3.05) is 11.9 Å². The maximum Gasteiger partial charge on any atom is 0.0601 e. The molecule has 126 valence electrons. The first-order valence-corrected chi connectivity index (χ1v) is 8.56. The molecule has 0 aliphatic rings. The van der Waals surface area contributed by atoms with Crippen LogP contribution in [0.4, 0.5) is 11.4 Å². The van der Waals surface area contributed by atoms with Crippen molar-refractivity contribution in [3.8, 4) is 22.3 Å². The Bertz CT molecular complexity index is 915. The van der Waals surface area contributed by atoms with E-state index in [2.05, 4.69) is 51.3 Å². The zero-order chi connectivity index (χ0) is 17.8. The summed E-state index contributed by atoms with van der Waals surface area (Å²) in [7, 11) is 2.04. The van der Waals surface area contributed by atoms with E-state index in [1.165, 1.54) is 0 Å². The summed E-state index contributed by atoms with van der Waals surface area (Å²) in [6.45, 7) is 0. The highest BCUT2D eigenvalue weighted by atomic mass is 15.1. The molecule has 0 fully saturated rings. The Hall–Kier alpha value is -3.46. The Kier molecular flexibility index (Phi) is 4.44. The van der Waals surface area contributed by atoms with Crippen molar-refractivity contribution in [1.82, 2.24) is 9.97 Å². The van der Waals surface area contributed by atoms with Gasteiger partial charge in [0.1, 0.15) is 0 Å². The van der Waals surface area contributed by atoms with Gasteiger partial charge in [-0.2, -0.15) is 0 Å². The molecule has 26 heavy (non-hydrogen) atoms. The molecule has 0 unspecified atom stereocenters. The summed E-state index contributed by atoms with van der Waals surface area (Å²) >= 11 is 0. The molecule has 2 aromatic carbocycles. The molecular formula is C23H19N3. The molecule has 0 aliphatic carbocycles. The fourth-order valence-corrected chi connectivity index (χ4v) is 2.95. The van der Waals surface area contributed by atoms with Crippen molar-refractivity contribution >= 4 is 11.4 Å². The van der Waals surface area contributed by atoms with Crippen LogP contribution in [0.5, 0.6) is 0 Å². The Labute approximate surface area is 153 Å². The highest BCUT2D eigenvalue weighted by Gasteiger charge is 2.08. The van der Waals surface area contributed by atoms with Gasteiger partial charge in [-0.15, -0.1) is 0 Å². The lowest BCUT2D eigenvalue weighted by Crippen LogP contribution is -2.10. The summed E-state index contributed by atoms with van der Waals surface area (Å²) in [5.41, 5.74) is 6.57.